The van der Waals surface area contributed by atoms with E-state index in [1.807, 2.05) is 13.8 Å². The normalized spacial score (nSPS) is 20.4. The maximum Gasteiger partial charge on any atom is 0.251 e. The van der Waals surface area contributed by atoms with Gasteiger partial charge in [0.05, 0.1) is 13.2 Å². The monoisotopic (exact) mass is 258 g/mol. The van der Waals surface area contributed by atoms with Crippen LogP contribution < -0.4 is 5.32 Å². The fraction of sp³-hybridized carbons (Fsp3) is 0.923. The Hall–Kier alpha value is -0.650. The van der Waals surface area contributed by atoms with Gasteiger partial charge < -0.3 is 14.8 Å². The van der Waals surface area contributed by atoms with Crippen molar-refractivity contribution in [2.45, 2.75) is 32.3 Å². The minimum absolute atomic E-state index is 0.0190. The first kappa shape index (κ1) is 15.4. The van der Waals surface area contributed by atoms with E-state index in [1.165, 1.54) is 0 Å². The predicted molar refractivity (Wildman–Crippen MR) is 70.6 cm³/mol. The zero-order chi connectivity index (χ0) is 13.4. The lowest BCUT2D eigenvalue weighted by atomic mass is 10.0. The summed E-state index contributed by atoms with van der Waals surface area (Å²) in [5.74, 6) is -0.0190. The van der Waals surface area contributed by atoms with Gasteiger partial charge in [-0.1, -0.05) is 6.92 Å². The van der Waals surface area contributed by atoms with Crippen molar-refractivity contribution in [1.82, 2.24) is 10.2 Å². The maximum atomic E-state index is 11.9. The molecule has 1 unspecified atom stereocenters. The largest absolute Gasteiger partial charge is 0.379 e. The number of methoxy groups -OCH3 is 1. The third-order valence-electron chi connectivity index (χ3n) is 3.65. The van der Waals surface area contributed by atoms with Crippen LogP contribution in [0.2, 0.25) is 0 Å². The van der Waals surface area contributed by atoms with E-state index < -0.39 is 5.60 Å². The van der Waals surface area contributed by atoms with Crippen LogP contribution in [0.15, 0.2) is 0 Å². The van der Waals surface area contributed by atoms with Crippen LogP contribution in [0.25, 0.3) is 0 Å². The number of hydrogen-bond acceptors (Lipinski definition) is 4. The maximum absolute atomic E-state index is 11.9. The highest BCUT2D eigenvalue weighted by atomic mass is 16.5. The first-order chi connectivity index (χ1) is 8.62. The average Bonchev–Trinajstić information content (AvgIpc) is 2.43. The molecular weight excluding hydrogens is 232 g/mol. The molecule has 18 heavy (non-hydrogen) atoms. The van der Waals surface area contributed by atoms with Gasteiger partial charge in [0, 0.05) is 26.7 Å². The van der Waals surface area contributed by atoms with Gasteiger partial charge in [0.25, 0.3) is 5.91 Å². The molecule has 0 aromatic rings. The van der Waals surface area contributed by atoms with Crippen molar-refractivity contribution in [1.29, 1.82) is 0 Å². The molecule has 1 heterocycles. The molecule has 0 spiro atoms. The van der Waals surface area contributed by atoms with Crippen LogP contribution in [-0.2, 0) is 14.3 Å². The van der Waals surface area contributed by atoms with Crippen LogP contribution in [0.4, 0.5) is 0 Å². The third-order valence-corrected chi connectivity index (χ3v) is 3.65. The van der Waals surface area contributed by atoms with Crippen molar-refractivity contribution >= 4 is 5.91 Å². The molecule has 106 valence electrons. The summed E-state index contributed by atoms with van der Waals surface area (Å²) in [4.78, 5) is 14.3. The van der Waals surface area contributed by atoms with E-state index in [0.29, 0.717) is 13.0 Å². The predicted octanol–water partition coefficient (Wildman–Crippen LogP) is 0.640. The summed E-state index contributed by atoms with van der Waals surface area (Å²) in [7, 11) is 1.58. The number of carbonyl (C=O) groups excluding carboxylic acids is 1. The van der Waals surface area contributed by atoms with Crippen LogP contribution in [0.5, 0.6) is 0 Å². The zero-order valence-corrected chi connectivity index (χ0v) is 11.8. The smallest absolute Gasteiger partial charge is 0.251 e. The standard InChI is InChI=1S/C13H26N2O3/c1-4-13(2,17-3)12(16)14-6-5-7-15-8-10-18-11-9-15/h4-11H2,1-3H3,(H,14,16). The molecule has 5 nitrogen and oxygen atoms in total. The summed E-state index contributed by atoms with van der Waals surface area (Å²) in [6, 6.07) is 0. The minimum Gasteiger partial charge on any atom is -0.379 e. The van der Waals surface area contributed by atoms with Crippen molar-refractivity contribution in [2.75, 3.05) is 46.5 Å². The number of hydrogen-bond donors (Lipinski definition) is 1. The van der Waals surface area contributed by atoms with Crippen LogP contribution in [0.1, 0.15) is 26.7 Å². The summed E-state index contributed by atoms with van der Waals surface area (Å²) in [5.41, 5.74) is -0.695. The van der Waals surface area contributed by atoms with E-state index in [0.717, 1.165) is 39.3 Å². The Morgan fingerprint density at radius 1 is 1.44 bits per heavy atom. The van der Waals surface area contributed by atoms with Crippen molar-refractivity contribution in [3.63, 3.8) is 0 Å². The molecule has 1 amide bonds. The molecule has 1 rings (SSSR count). The molecule has 1 atom stereocenters. The van der Waals surface area contributed by atoms with E-state index in [4.69, 9.17) is 9.47 Å². The summed E-state index contributed by atoms with van der Waals surface area (Å²) in [5, 5.41) is 2.94. The zero-order valence-electron chi connectivity index (χ0n) is 11.8. The third kappa shape index (κ3) is 4.55. The Kier molecular flexibility index (Phi) is 6.60. The molecule has 1 aliphatic heterocycles. The van der Waals surface area contributed by atoms with E-state index in [-0.39, 0.29) is 5.91 Å². The van der Waals surface area contributed by atoms with Crippen LogP contribution in [0.3, 0.4) is 0 Å². The quantitative estimate of drug-likeness (QED) is 0.681. The first-order valence-electron chi connectivity index (χ1n) is 6.76. The lowest BCUT2D eigenvalue weighted by Gasteiger charge is -2.27. The van der Waals surface area contributed by atoms with Crippen molar-refractivity contribution in [2.24, 2.45) is 0 Å². The minimum atomic E-state index is -0.695. The summed E-state index contributed by atoms with van der Waals surface area (Å²) < 4.78 is 10.5. The second-order valence-electron chi connectivity index (χ2n) is 4.85. The fourth-order valence-corrected chi connectivity index (χ4v) is 1.91. The van der Waals surface area contributed by atoms with Gasteiger partial charge >= 0.3 is 0 Å². The average molecular weight is 258 g/mol. The molecule has 5 heteroatoms. The van der Waals surface area contributed by atoms with Gasteiger partial charge in [-0.3, -0.25) is 9.69 Å². The van der Waals surface area contributed by atoms with E-state index in [2.05, 4.69) is 10.2 Å². The van der Waals surface area contributed by atoms with Crippen molar-refractivity contribution in [3.05, 3.63) is 0 Å². The topological polar surface area (TPSA) is 50.8 Å². The molecule has 0 radical (unpaired) electrons. The van der Waals surface area contributed by atoms with Crippen LogP contribution in [-0.4, -0.2) is 62.9 Å². The molecule has 1 fully saturated rings. The highest BCUT2D eigenvalue weighted by Crippen LogP contribution is 2.13. The number of nitrogens with one attached hydrogen (secondary N) is 1. The Balaban J connectivity index is 2.15. The number of carbonyl (C=O) groups is 1. The Bertz CT molecular complexity index is 249. The van der Waals surface area contributed by atoms with E-state index in [1.54, 1.807) is 7.11 Å². The lowest BCUT2D eigenvalue weighted by molar-refractivity contribution is -0.141. The number of ether oxygens (including phenoxy) is 2. The molecule has 0 bridgehead atoms. The van der Waals surface area contributed by atoms with E-state index in [9.17, 15) is 4.79 Å². The second kappa shape index (κ2) is 7.71. The number of morpholine rings is 1. The Labute approximate surface area is 110 Å². The number of rotatable bonds is 7. The molecular formula is C13H26N2O3. The van der Waals surface area contributed by atoms with Crippen molar-refractivity contribution in [3.8, 4) is 0 Å². The van der Waals surface area contributed by atoms with Gasteiger partial charge in [0.15, 0.2) is 0 Å². The molecule has 1 N–H and O–H groups in total. The van der Waals surface area contributed by atoms with Gasteiger partial charge in [0.2, 0.25) is 0 Å². The lowest BCUT2D eigenvalue weighted by Crippen LogP contribution is -2.46. The van der Waals surface area contributed by atoms with Crippen molar-refractivity contribution < 1.29 is 14.3 Å². The summed E-state index contributed by atoms with van der Waals surface area (Å²) >= 11 is 0. The SMILES string of the molecule is CCC(C)(OC)C(=O)NCCCN1CCOCC1. The van der Waals surface area contributed by atoms with E-state index >= 15 is 0 Å². The summed E-state index contributed by atoms with van der Waals surface area (Å²) in [6.45, 7) is 9.14. The van der Waals surface area contributed by atoms with Crippen LogP contribution >= 0.6 is 0 Å². The fourth-order valence-electron chi connectivity index (χ4n) is 1.91. The molecule has 0 aromatic heterocycles. The molecule has 1 saturated heterocycles. The van der Waals surface area contributed by atoms with Gasteiger partial charge in [-0.2, -0.15) is 0 Å². The van der Waals surface area contributed by atoms with Gasteiger partial charge in [-0.25, -0.2) is 0 Å². The molecule has 0 saturated carbocycles. The second-order valence-corrected chi connectivity index (χ2v) is 4.85. The van der Waals surface area contributed by atoms with Gasteiger partial charge in [-0.15, -0.1) is 0 Å². The summed E-state index contributed by atoms with van der Waals surface area (Å²) in [6.07, 6.45) is 1.65. The Morgan fingerprint density at radius 2 is 2.11 bits per heavy atom. The molecule has 1 aliphatic rings. The van der Waals surface area contributed by atoms with Gasteiger partial charge in [0.1, 0.15) is 5.60 Å². The molecule has 0 aromatic carbocycles. The van der Waals surface area contributed by atoms with Gasteiger partial charge in [-0.05, 0) is 26.3 Å². The Morgan fingerprint density at radius 3 is 2.67 bits per heavy atom. The number of amides is 1. The molecule has 0 aliphatic carbocycles. The highest BCUT2D eigenvalue weighted by molar-refractivity contribution is 5.84. The highest BCUT2D eigenvalue weighted by Gasteiger charge is 2.30. The first-order valence-corrected chi connectivity index (χ1v) is 6.76. The van der Waals surface area contributed by atoms with Crippen LogP contribution in [0, 0.1) is 0 Å². The number of nitrogens with zero attached hydrogens (tertiary/aromatic N) is 1.